The summed E-state index contributed by atoms with van der Waals surface area (Å²) in [6.07, 6.45) is 6.35. The minimum Gasteiger partial charge on any atom is -0.481 e. The second-order valence-electron chi connectivity index (χ2n) is 7.15. The molecule has 3 rings (SSSR count). The zero-order valence-corrected chi connectivity index (χ0v) is 12.8. The predicted molar refractivity (Wildman–Crippen MR) is 78.9 cm³/mol. The summed E-state index contributed by atoms with van der Waals surface area (Å²) in [5.41, 5.74) is 0. The van der Waals surface area contributed by atoms with Gasteiger partial charge in [0.15, 0.2) is 0 Å². The van der Waals surface area contributed by atoms with E-state index in [0.717, 1.165) is 25.4 Å². The van der Waals surface area contributed by atoms with Crippen LogP contribution in [0.15, 0.2) is 0 Å². The third-order valence-corrected chi connectivity index (χ3v) is 5.76. The summed E-state index contributed by atoms with van der Waals surface area (Å²) < 4.78 is 0. The van der Waals surface area contributed by atoms with Crippen molar-refractivity contribution in [2.24, 2.45) is 23.7 Å². The van der Waals surface area contributed by atoms with Crippen molar-refractivity contribution < 1.29 is 14.7 Å². The van der Waals surface area contributed by atoms with Crippen LogP contribution in [0.5, 0.6) is 0 Å². The fraction of sp³-hybridized carbons (Fsp3) is 0.875. The average Bonchev–Trinajstić information content (AvgIpc) is 2.88. The molecule has 21 heavy (non-hydrogen) atoms. The first-order chi connectivity index (χ1) is 10.1. The van der Waals surface area contributed by atoms with E-state index in [-0.39, 0.29) is 11.9 Å². The number of nitrogens with zero attached hydrogens (tertiary/aromatic N) is 2. The molecule has 2 aliphatic heterocycles. The lowest BCUT2D eigenvalue weighted by Crippen LogP contribution is -2.49. The molecule has 1 aliphatic carbocycles. The minimum atomic E-state index is -0.774. The Morgan fingerprint density at radius 3 is 2.33 bits per heavy atom. The molecule has 0 aromatic carbocycles. The Hall–Kier alpha value is -1.26. The molecule has 1 N–H and O–H groups in total. The zero-order valence-electron chi connectivity index (χ0n) is 12.8. The number of carboxylic acid groups (broad SMARTS) is 1. The quantitative estimate of drug-likeness (QED) is 0.807. The summed E-state index contributed by atoms with van der Waals surface area (Å²) in [5.74, 6) is 0.363. The van der Waals surface area contributed by atoms with Gasteiger partial charge in [0.25, 0.3) is 0 Å². The number of fused-ring (bicyclic) bond motifs is 1. The molecule has 1 saturated carbocycles. The normalized spacial score (nSPS) is 36.4. The number of hydrogen-bond donors (Lipinski definition) is 1. The van der Waals surface area contributed by atoms with Crippen molar-refractivity contribution in [3.05, 3.63) is 0 Å². The topological polar surface area (TPSA) is 60.9 Å². The molecule has 118 valence electrons. The van der Waals surface area contributed by atoms with Gasteiger partial charge in [0.2, 0.25) is 0 Å². The number of carboxylic acids is 1. The van der Waals surface area contributed by atoms with Gasteiger partial charge in [0.1, 0.15) is 0 Å². The monoisotopic (exact) mass is 294 g/mol. The molecule has 2 heterocycles. The number of amides is 2. The Kier molecular flexibility index (Phi) is 4.09. The molecule has 2 amide bonds. The first kappa shape index (κ1) is 14.7. The maximum Gasteiger partial charge on any atom is 0.320 e. The van der Waals surface area contributed by atoms with Crippen LogP contribution in [0, 0.1) is 23.7 Å². The van der Waals surface area contributed by atoms with Crippen molar-refractivity contribution >= 4 is 12.0 Å². The van der Waals surface area contributed by atoms with Gasteiger partial charge in [-0.3, -0.25) is 4.79 Å². The Morgan fingerprint density at radius 2 is 1.67 bits per heavy atom. The van der Waals surface area contributed by atoms with Crippen LogP contribution in [0.25, 0.3) is 0 Å². The van der Waals surface area contributed by atoms with Gasteiger partial charge >= 0.3 is 12.0 Å². The molecule has 3 fully saturated rings. The smallest absolute Gasteiger partial charge is 0.320 e. The van der Waals surface area contributed by atoms with E-state index in [1.807, 2.05) is 11.8 Å². The number of aliphatic carboxylic acids is 1. The molecule has 3 aliphatic rings. The largest absolute Gasteiger partial charge is 0.481 e. The van der Waals surface area contributed by atoms with E-state index in [0.29, 0.717) is 19.0 Å². The summed E-state index contributed by atoms with van der Waals surface area (Å²) in [7, 11) is 0. The highest BCUT2D eigenvalue weighted by atomic mass is 16.4. The van der Waals surface area contributed by atoms with Crippen molar-refractivity contribution in [2.45, 2.75) is 39.0 Å². The van der Waals surface area contributed by atoms with E-state index in [4.69, 9.17) is 0 Å². The summed E-state index contributed by atoms with van der Waals surface area (Å²) in [4.78, 5) is 27.6. The van der Waals surface area contributed by atoms with Gasteiger partial charge in [0, 0.05) is 26.2 Å². The SMILES string of the molecule is C[C@@H]1CN(C(=O)N2CCC3CCCCC3C2)C[C@H]1C(=O)O. The van der Waals surface area contributed by atoms with Gasteiger partial charge < -0.3 is 14.9 Å². The summed E-state index contributed by atoms with van der Waals surface area (Å²) >= 11 is 0. The zero-order chi connectivity index (χ0) is 15.0. The summed E-state index contributed by atoms with van der Waals surface area (Å²) in [6.45, 7) is 4.62. The van der Waals surface area contributed by atoms with E-state index < -0.39 is 11.9 Å². The number of carbonyl (C=O) groups is 2. The molecule has 4 atom stereocenters. The third-order valence-electron chi connectivity index (χ3n) is 5.76. The van der Waals surface area contributed by atoms with Crippen LogP contribution in [-0.2, 0) is 4.79 Å². The van der Waals surface area contributed by atoms with Gasteiger partial charge in [-0.1, -0.05) is 26.2 Å². The number of urea groups is 1. The lowest BCUT2D eigenvalue weighted by atomic mass is 9.75. The number of likely N-dealkylation sites (tertiary alicyclic amines) is 2. The van der Waals surface area contributed by atoms with Crippen LogP contribution in [0.2, 0.25) is 0 Å². The number of hydrogen-bond acceptors (Lipinski definition) is 2. The molecule has 0 aromatic rings. The molecule has 2 unspecified atom stereocenters. The maximum atomic E-state index is 12.6. The van der Waals surface area contributed by atoms with E-state index in [9.17, 15) is 14.7 Å². The van der Waals surface area contributed by atoms with Gasteiger partial charge in [-0.25, -0.2) is 4.79 Å². The van der Waals surface area contributed by atoms with Gasteiger partial charge in [-0.2, -0.15) is 0 Å². The molecule has 0 radical (unpaired) electrons. The van der Waals surface area contributed by atoms with Crippen LogP contribution >= 0.6 is 0 Å². The van der Waals surface area contributed by atoms with E-state index in [1.54, 1.807) is 4.90 Å². The molecular weight excluding hydrogens is 268 g/mol. The standard InChI is InChI=1S/C16H26N2O3/c1-11-8-18(10-14(11)15(19)20)16(21)17-7-6-12-4-2-3-5-13(12)9-17/h11-14H,2-10H2,1H3,(H,19,20)/t11-,12?,13?,14-/m1/s1. The second-order valence-corrected chi connectivity index (χ2v) is 7.15. The lowest BCUT2D eigenvalue weighted by molar-refractivity contribution is -0.142. The van der Waals surface area contributed by atoms with Crippen molar-refractivity contribution in [3.63, 3.8) is 0 Å². The average molecular weight is 294 g/mol. The molecule has 0 bridgehead atoms. The fourth-order valence-electron chi connectivity index (χ4n) is 4.42. The van der Waals surface area contributed by atoms with E-state index >= 15 is 0 Å². The summed E-state index contributed by atoms with van der Waals surface area (Å²) in [6, 6.07) is 0.0645. The van der Waals surface area contributed by atoms with Crippen LogP contribution in [0.3, 0.4) is 0 Å². The molecule has 5 nitrogen and oxygen atoms in total. The van der Waals surface area contributed by atoms with Crippen LogP contribution in [0.1, 0.15) is 39.0 Å². The highest BCUT2D eigenvalue weighted by Crippen LogP contribution is 2.36. The lowest BCUT2D eigenvalue weighted by Gasteiger charge is -2.42. The van der Waals surface area contributed by atoms with Crippen molar-refractivity contribution in [3.8, 4) is 0 Å². The first-order valence-corrected chi connectivity index (χ1v) is 8.33. The molecule has 0 aromatic heterocycles. The number of carbonyl (C=O) groups excluding carboxylic acids is 1. The molecule has 0 spiro atoms. The van der Waals surface area contributed by atoms with Crippen molar-refractivity contribution in [1.29, 1.82) is 0 Å². The highest BCUT2D eigenvalue weighted by Gasteiger charge is 2.40. The number of rotatable bonds is 1. The molecule has 2 saturated heterocycles. The third kappa shape index (κ3) is 2.87. The Labute approximate surface area is 126 Å². The predicted octanol–water partition coefficient (Wildman–Crippen LogP) is 2.27. The van der Waals surface area contributed by atoms with Crippen molar-refractivity contribution in [1.82, 2.24) is 9.80 Å². The molecule has 5 heteroatoms. The van der Waals surface area contributed by atoms with Crippen molar-refractivity contribution in [2.75, 3.05) is 26.2 Å². The summed E-state index contributed by atoms with van der Waals surface area (Å²) in [5, 5.41) is 9.20. The second kappa shape index (κ2) is 5.85. The van der Waals surface area contributed by atoms with E-state index in [1.165, 1.54) is 25.7 Å². The highest BCUT2D eigenvalue weighted by molar-refractivity contribution is 5.78. The maximum absolute atomic E-state index is 12.6. The van der Waals surface area contributed by atoms with E-state index in [2.05, 4.69) is 0 Å². The van der Waals surface area contributed by atoms with Crippen LogP contribution in [0.4, 0.5) is 4.79 Å². The fourth-order valence-corrected chi connectivity index (χ4v) is 4.42. The first-order valence-electron chi connectivity index (χ1n) is 8.33. The number of piperidine rings is 1. The van der Waals surface area contributed by atoms with Gasteiger partial charge in [-0.15, -0.1) is 0 Å². The van der Waals surface area contributed by atoms with Gasteiger partial charge in [0.05, 0.1) is 5.92 Å². The Balaban J connectivity index is 1.60. The van der Waals surface area contributed by atoms with Crippen LogP contribution in [-0.4, -0.2) is 53.1 Å². The molecular formula is C16H26N2O3. The van der Waals surface area contributed by atoms with Crippen LogP contribution < -0.4 is 0 Å². The minimum absolute atomic E-state index is 0.0543. The Morgan fingerprint density at radius 1 is 0.952 bits per heavy atom. The van der Waals surface area contributed by atoms with Gasteiger partial charge in [-0.05, 0) is 30.6 Å². The Bertz CT molecular complexity index is 426.